The highest BCUT2D eigenvalue weighted by Crippen LogP contribution is 2.69. The lowest BCUT2D eigenvalue weighted by molar-refractivity contribution is -0.278. The number of nitrogens with one attached hydrogen (secondary N) is 2. The molecule has 0 bridgehead atoms. The van der Waals surface area contributed by atoms with E-state index in [0.29, 0.717) is 65.7 Å². The molecule has 298 valence electrons. The molecule has 10 heteroatoms. The first kappa shape index (κ1) is 39.5. The Hall–Kier alpha value is -0.780. The van der Waals surface area contributed by atoms with E-state index in [1.165, 1.54) is 38.5 Å². The summed E-state index contributed by atoms with van der Waals surface area (Å²) in [5, 5.41) is 30.6. The van der Waals surface area contributed by atoms with Crippen LogP contribution in [0.1, 0.15) is 138 Å². The van der Waals surface area contributed by atoms with E-state index in [0.717, 1.165) is 51.4 Å². The molecule has 1 saturated heterocycles. The van der Waals surface area contributed by atoms with Crippen molar-refractivity contribution in [1.29, 1.82) is 0 Å². The molecule has 0 spiro atoms. The number of hydrogen-bond donors (Lipinski definition) is 5. The Labute approximate surface area is 314 Å². The van der Waals surface area contributed by atoms with Crippen molar-refractivity contribution < 1.29 is 32.7 Å². The highest BCUT2D eigenvalue weighted by atomic mass is 32.2. The lowest BCUT2D eigenvalue weighted by Gasteiger charge is -2.64. The lowest BCUT2D eigenvalue weighted by Crippen LogP contribution is -2.69. The normalized spacial score (nSPS) is 50.9. The summed E-state index contributed by atoms with van der Waals surface area (Å²) in [6, 6.07) is 0.306. The molecule has 18 atom stereocenters. The molecule has 11 unspecified atom stereocenters. The molecule has 1 aliphatic heterocycles. The minimum Gasteiger partial charge on any atom is -0.393 e. The summed E-state index contributed by atoms with van der Waals surface area (Å²) in [6.45, 7) is 14.4. The molecule has 6 saturated carbocycles. The van der Waals surface area contributed by atoms with Crippen LogP contribution in [0.25, 0.3) is 0 Å². The number of aliphatic hydroxyl groups excluding tert-OH is 1. The number of rotatable bonds is 9. The third kappa shape index (κ3) is 6.96. The topological polar surface area (TPSA) is 145 Å². The van der Waals surface area contributed by atoms with Crippen LogP contribution in [0.15, 0.2) is 0 Å². The molecule has 5 N–H and O–H groups in total. The van der Waals surface area contributed by atoms with Crippen LogP contribution in [-0.2, 0) is 19.6 Å². The number of carbonyl (C=O) groups is 1. The fourth-order valence-corrected chi connectivity index (χ4v) is 15.2. The van der Waals surface area contributed by atoms with Crippen LogP contribution in [-0.4, -0.2) is 71.5 Å². The van der Waals surface area contributed by atoms with Crippen molar-refractivity contribution in [3.63, 3.8) is 0 Å². The van der Waals surface area contributed by atoms with E-state index in [1.807, 2.05) is 0 Å². The van der Waals surface area contributed by atoms with E-state index in [1.54, 1.807) is 0 Å². The van der Waals surface area contributed by atoms with Crippen molar-refractivity contribution >= 4 is 16.0 Å². The molecule has 52 heavy (non-hydrogen) atoms. The molecule has 0 aromatic carbocycles. The quantitative estimate of drug-likeness (QED) is 0.167. The maximum atomic E-state index is 12.7. The molecule has 6 aliphatic carbocycles. The van der Waals surface area contributed by atoms with Crippen LogP contribution in [0.3, 0.4) is 0 Å². The summed E-state index contributed by atoms with van der Waals surface area (Å²) in [5.41, 5.74) is -0.328. The molecule has 0 radical (unpaired) electrons. The lowest BCUT2D eigenvalue weighted by atomic mass is 9.43. The Balaban J connectivity index is 1.12. The SMILES string of the molecule is C[C@H]1CCC2[C@H](C)CCC3[C@@H](C)C(N[C@H]4CC5C[C@H](O)CC[C@]5(C)C5CCC6(C)C(CCC6[C@H](C)CCC(=O)NCCS(=O)(=O)O)C54)OC(C1)C32O. The van der Waals surface area contributed by atoms with E-state index in [-0.39, 0.29) is 53.6 Å². The zero-order valence-corrected chi connectivity index (χ0v) is 33.9. The zero-order chi connectivity index (χ0) is 37.4. The number of carbonyl (C=O) groups excluding carboxylic acids is 1. The van der Waals surface area contributed by atoms with E-state index in [4.69, 9.17) is 9.29 Å². The standard InChI is InChI=1S/C42H72N2O7S/c1-24-7-10-31-26(3)8-11-32-27(4)39(51-36(21-24)42(31,32)47)44-35-23-28-22-29(45)15-17-40(28,5)34-16-18-41(6)30(12-13-33(41)38(34)35)25(2)9-14-37(46)43-19-20-52(48,49)50/h24-36,38-39,44-45,47H,7-23H2,1-6H3,(H,43,46)(H,48,49,50)/t24-,25+,26+,27+,28?,29+,30?,31?,32?,33?,34?,35-,36?,38?,39?,40-,41?,42?/m0/s1. The number of fused-ring (bicyclic) bond motifs is 5. The molecular weight excluding hydrogens is 677 g/mol. The first-order chi connectivity index (χ1) is 24.5. The molecule has 7 aliphatic rings. The van der Waals surface area contributed by atoms with Gasteiger partial charge in [0.25, 0.3) is 10.1 Å². The predicted octanol–water partition coefficient (Wildman–Crippen LogP) is 6.57. The van der Waals surface area contributed by atoms with Gasteiger partial charge in [0.1, 0.15) is 6.23 Å². The highest BCUT2D eigenvalue weighted by molar-refractivity contribution is 7.85. The van der Waals surface area contributed by atoms with E-state index >= 15 is 0 Å². The van der Waals surface area contributed by atoms with Crippen LogP contribution in [0.5, 0.6) is 0 Å². The molecule has 7 rings (SSSR count). The summed E-state index contributed by atoms with van der Waals surface area (Å²) in [5.74, 6) is 4.35. The van der Waals surface area contributed by atoms with Gasteiger partial charge in [-0.25, -0.2) is 0 Å². The minimum atomic E-state index is -4.10. The van der Waals surface area contributed by atoms with Gasteiger partial charge < -0.3 is 20.3 Å². The highest BCUT2D eigenvalue weighted by Gasteiger charge is 2.65. The monoisotopic (exact) mass is 749 g/mol. The fraction of sp³-hybridized carbons (Fsp3) is 0.976. The molecule has 1 heterocycles. The summed E-state index contributed by atoms with van der Waals surface area (Å²) >= 11 is 0. The number of amides is 1. The van der Waals surface area contributed by atoms with Gasteiger partial charge in [-0.3, -0.25) is 14.7 Å². The van der Waals surface area contributed by atoms with Gasteiger partial charge in [-0.15, -0.1) is 0 Å². The zero-order valence-electron chi connectivity index (χ0n) is 33.1. The van der Waals surface area contributed by atoms with Gasteiger partial charge in [-0.1, -0.05) is 48.0 Å². The van der Waals surface area contributed by atoms with E-state index < -0.39 is 21.5 Å². The molecular formula is C42H72N2O7S. The summed E-state index contributed by atoms with van der Waals surface area (Å²) in [4.78, 5) is 12.6. The second-order valence-corrected chi connectivity index (χ2v) is 21.9. The first-order valence-corrected chi connectivity index (χ1v) is 23.1. The average Bonchev–Trinajstić information content (AvgIpc) is 3.36. The molecule has 0 aromatic heterocycles. The van der Waals surface area contributed by atoms with Gasteiger partial charge in [0.15, 0.2) is 0 Å². The van der Waals surface area contributed by atoms with Crippen molar-refractivity contribution in [2.75, 3.05) is 12.3 Å². The van der Waals surface area contributed by atoms with Crippen molar-refractivity contribution in [3.8, 4) is 0 Å². The fourth-order valence-electron chi connectivity index (χ4n) is 14.9. The van der Waals surface area contributed by atoms with Gasteiger partial charge in [0.2, 0.25) is 5.91 Å². The summed E-state index contributed by atoms with van der Waals surface area (Å²) < 4.78 is 38.4. The average molecular weight is 749 g/mol. The summed E-state index contributed by atoms with van der Waals surface area (Å²) in [6.07, 6.45) is 15.0. The number of ether oxygens (including phenoxy) is 1. The Morgan fingerprint density at radius 1 is 0.885 bits per heavy atom. The largest absolute Gasteiger partial charge is 0.393 e. The van der Waals surface area contributed by atoms with Crippen molar-refractivity contribution in [2.24, 2.45) is 75.9 Å². The van der Waals surface area contributed by atoms with Crippen molar-refractivity contribution in [2.45, 2.75) is 168 Å². The van der Waals surface area contributed by atoms with Crippen molar-refractivity contribution in [1.82, 2.24) is 10.6 Å². The maximum absolute atomic E-state index is 12.7. The molecule has 7 fully saturated rings. The second kappa shape index (κ2) is 14.6. The smallest absolute Gasteiger partial charge is 0.266 e. The van der Waals surface area contributed by atoms with Crippen LogP contribution in [0.2, 0.25) is 0 Å². The van der Waals surface area contributed by atoms with Gasteiger partial charge in [0, 0.05) is 24.9 Å². The number of hydrogen-bond acceptors (Lipinski definition) is 7. The second-order valence-electron chi connectivity index (χ2n) is 20.3. The maximum Gasteiger partial charge on any atom is 0.266 e. The Kier molecular flexibility index (Phi) is 11.1. The Morgan fingerprint density at radius 3 is 2.33 bits per heavy atom. The van der Waals surface area contributed by atoms with Crippen LogP contribution in [0, 0.1) is 75.9 Å². The van der Waals surface area contributed by atoms with Gasteiger partial charge in [-0.05, 0) is 153 Å². The van der Waals surface area contributed by atoms with Crippen LogP contribution in [0.4, 0.5) is 0 Å². The third-order valence-electron chi connectivity index (χ3n) is 17.7. The van der Waals surface area contributed by atoms with Crippen molar-refractivity contribution in [3.05, 3.63) is 0 Å². The van der Waals surface area contributed by atoms with Gasteiger partial charge in [-0.2, -0.15) is 8.42 Å². The Bertz CT molecular complexity index is 1410. The minimum absolute atomic E-state index is 0.0631. The third-order valence-corrected chi connectivity index (χ3v) is 18.4. The number of aliphatic hydroxyl groups is 2. The van der Waals surface area contributed by atoms with Gasteiger partial charge in [0.05, 0.1) is 23.6 Å². The Morgan fingerprint density at radius 2 is 1.58 bits per heavy atom. The summed E-state index contributed by atoms with van der Waals surface area (Å²) in [7, 11) is -4.10. The van der Waals surface area contributed by atoms with E-state index in [2.05, 4.69) is 52.2 Å². The predicted molar refractivity (Wildman–Crippen MR) is 203 cm³/mol. The van der Waals surface area contributed by atoms with E-state index in [9.17, 15) is 23.4 Å². The van der Waals surface area contributed by atoms with Gasteiger partial charge >= 0.3 is 0 Å². The molecule has 9 nitrogen and oxygen atoms in total. The molecule has 1 amide bonds. The first-order valence-electron chi connectivity index (χ1n) is 21.5. The van der Waals surface area contributed by atoms with Crippen LogP contribution >= 0.6 is 0 Å². The van der Waals surface area contributed by atoms with Crippen LogP contribution < -0.4 is 10.6 Å². The molecule has 0 aromatic rings.